The van der Waals surface area contributed by atoms with Crippen LogP contribution in [0.15, 0.2) is 133 Å². The summed E-state index contributed by atoms with van der Waals surface area (Å²) in [6, 6.07) is 40.7. The summed E-state index contributed by atoms with van der Waals surface area (Å²) in [6.45, 7) is 2.32. The highest BCUT2D eigenvalue weighted by Crippen LogP contribution is 2.65. The number of rotatable bonds is 10. The smallest absolute Gasteiger partial charge is 0.324 e. The molecule has 4 aliphatic heterocycles. The molecule has 4 heterocycles. The van der Waals surface area contributed by atoms with Crippen molar-refractivity contribution in [2.45, 2.75) is 68.3 Å². The number of aliphatic hydroxyl groups excluding tert-OH is 1. The number of nitrogens with zero attached hydrogens (tertiary/aromatic N) is 3. The van der Waals surface area contributed by atoms with Crippen molar-refractivity contribution in [1.29, 1.82) is 0 Å². The first-order valence-corrected chi connectivity index (χ1v) is 22.3. The molecule has 2 N–H and O–H groups in total. The number of hydrogen-bond donors (Lipinski definition) is 2. The molecule has 9 rings (SSSR count). The molecule has 0 saturated carbocycles. The zero-order valence-electron chi connectivity index (χ0n) is 35.7. The van der Waals surface area contributed by atoms with Crippen molar-refractivity contribution in [3.8, 4) is 17.6 Å². The molecule has 5 aromatic rings. The number of morpholine rings is 1. The first-order chi connectivity index (χ1) is 30.9. The summed E-state index contributed by atoms with van der Waals surface area (Å²) in [5.74, 6) is 5.04. The molecule has 63 heavy (non-hydrogen) atoms. The number of anilines is 1. The van der Waals surface area contributed by atoms with Gasteiger partial charge in [-0.25, -0.2) is 0 Å². The summed E-state index contributed by atoms with van der Waals surface area (Å²) in [6.07, 6.45) is 4.05. The molecular formula is C53H54N4O6. The molecule has 0 unspecified atom stereocenters. The van der Waals surface area contributed by atoms with Gasteiger partial charge in [-0.05, 0) is 78.0 Å². The molecule has 0 aromatic heterocycles. The van der Waals surface area contributed by atoms with E-state index in [0.717, 1.165) is 55.3 Å². The van der Waals surface area contributed by atoms with Crippen LogP contribution in [0.4, 0.5) is 5.69 Å². The average Bonchev–Trinajstić information content (AvgIpc) is 3.77. The SMILES string of the molecule is CN(CC#Cc1ccc2c(c1)[C@]1(C(=O)N2)[C@H](C(=O)N2CCCCCCC2)[C@H]2C(=O)O[C@H](c3ccccc3)[C@H](c3ccccc3)N2[C@@H]1c1ccc(OCCO)cc1)Cc1ccccc1. The number of benzene rings is 5. The summed E-state index contributed by atoms with van der Waals surface area (Å²) < 4.78 is 12.5. The Hall–Kier alpha value is -6.25. The Balaban J connectivity index is 1.25. The molecule has 4 aliphatic rings. The Morgan fingerprint density at radius 2 is 1.46 bits per heavy atom. The van der Waals surface area contributed by atoms with Gasteiger partial charge >= 0.3 is 5.97 Å². The minimum absolute atomic E-state index is 0.121. The molecule has 6 atom stereocenters. The molecule has 5 aromatic carbocycles. The molecule has 1 spiro atoms. The van der Waals surface area contributed by atoms with E-state index in [1.165, 1.54) is 5.56 Å². The Labute approximate surface area is 369 Å². The lowest BCUT2D eigenvalue weighted by Gasteiger charge is -2.46. The number of cyclic esters (lactones) is 1. The minimum Gasteiger partial charge on any atom is -0.491 e. The first-order valence-electron chi connectivity index (χ1n) is 22.3. The normalized spacial score (nSPS) is 24.4. The van der Waals surface area contributed by atoms with Gasteiger partial charge in [-0.2, -0.15) is 0 Å². The van der Waals surface area contributed by atoms with Gasteiger partial charge in [0.1, 0.15) is 29.9 Å². The van der Waals surface area contributed by atoms with E-state index in [1.54, 1.807) is 0 Å². The van der Waals surface area contributed by atoms with Crippen LogP contribution in [0.1, 0.15) is 83.7 Å². The van der Waals surface area contributed by atoms with E-state index in [2.05, 4.69) is 39.1 Å². The Kier molecular flexibility index (Phi) is 12.4. The standard InChI is InChI=1S/C53H54N4O6/c1-55(36-38-17-8-5-9-18-38)30-16-19-37-24-29-44-43(35-37)53(52(61)54-44)45(50(59)56-31-14-3-2-4-15-32-56)47-51(60)63-48(40-22-12-7-13-23-40)46(39-20-10-6-11-21-39)57(47)49(53)41-25-27-42(28-26-41)62-34-33-58/h5-13,17-18,20-29,35,45-49,58H,2-4,14-15,30-34,36H2,1H3,(H,54,61)/t45-,46-,47-,48+,49+,53-/m0/s1. The zero-order chi connectivity index (χ0) is 43.3. The van der Waals surface area contributed by atoms with E-state index in [0.29, 0.717) is 42.2 Å². The molecular weight excluding hydrogens is 789 g/mol. The second kappa shape index (κ2) is 18.6. The highest BCUT2D eigenvalue weighted by Gasteiger charge is 2.74. The van der Waals surface area contributed by atoms with E-state index in [1.807, 2.05) is 133 Å². The number of esters is 1. The monoisotopic (exact) mass is 842 g/mol. The maximum absolute atomic E-state index is 15.8. The molecule has 2 amide bonds. The van der Waals surface area contributed by atoms with Crippen LogP contribution >= 0.6 is 0 Å². The van der Waals surface area contributed by atoms with Gasteiger partial charge in [0.15, 0.2) is 0 Å². The number of amides is 2. The minimum atomic E-state index is -1.59. The molecule has 3 fully saturated rings. The number of aliphatic hydroxyl groups is 1. The van der Waals surface area contributed by atoms with Crippen molar-refractivity contribution in [3.05, 3.63) is 167 Å². The maximum Gasteiger partial charge on any atom is 0.324 e. The number of ether oxygens (including phenoxy) is 2. The fraction of sp³-hybridized carbons (Fsp3) is 0.340. The lowest BCUT2D eigenvalue weighted by molar-refractivity contribution is -0.179. The second-order valence-electron chi connectivity index (χ2n) is 17.2. The van der Waals surface area contributed by atoms with Gasteiger partial charge in [0, 0.05) is 30.9 Å². The molecule has 3 saturated heterocycles. The highest BCUT2D eigenvalue weighted by atomic mass is 16.6. The number of likely N-dealkylation sites (tertiary alicyclic amines) is 1. The van der Waals surface area contributed by atoms with Gasteiger partial charge < -0.3 is 24.8 Å². The predicted octanol–water partition coefficient (Wildman–Crippen LogP) is 7.60. The molecule has 10 heteroatoms. The number of hydrogen-bond acceptors (Lipinski definition) is 8. The van der Waals surface area contributed by atoms with Crippen molar-refractivity contribution in [2.75, 3.05) is 45.2 Å². The van der Waals surface area contributed by atoms with Crippen LogP contribution < -0.4 is 10.1 Å². The largest absolute Gasteiger partial charge is 0.491 e. The van der Waals surface area contributed by atoms with E-state index >= 15 is 14.4 Å². The van der Waals surface area contributed by atoms with E-state index < -0.39 is 41.5 Å². The average molecular weight is 843 g/mol. The van der Waals surface area contributed by atoms with Crippen molar-refractivity contribution in [2.24, 2.45) is 5.92 Å². The van der Waals surface area contributed by atoms with Crippen LogP contribution in [0, 0.1) is 17.8 Å². The van der Waals surface area contributed by atoms with Crippen LogP contribution in [-0.4, -0.2) is 83.5 Å². The van der Waals surface area contributed by atoms with E-state index in [9.17, 15) is 5.11 Å². The summed E-state index contributed by atoms with van der Waals surface area (Å²) in [7, 11) is 2.04. The maximum atomic E-state index is 15.8. The third kappa shape index (κ3) is 8.13. The third-order valence-electron chi connectivity index (χ3n) is 13.2. The summed E-state index contributed by atoms with van der Waals surface area (Å²) in [5.41, 5.74) is 3.98. The predicted molar refractivity (Wildman–Crippen MR) is 241 cm³/mol. The van der Waals surface area contributed by atoms with Gasteiger partial charge in [-0.3, -0.25) is 24.2 Å². The van der Waals surface area contributed by atoms with Crippen LogP contribution in [0.5, 0.6) is 5.75 Å². The number of fused-ring (bicyclic) bond motifs is 3. The summed E-state index contributed by atoms with van der Waals surface area (Å²) in [4.78, 5) is 52.9. The molecule has 0 aliphatic carbocycles. The van der Waals surface area contributed by atoms with E-state index in [4.69, 9.17) is 9.47 Å². The number of carbonyl (C=O) groups is 3. The first kappa shape index (κ1) is 42.1. The third-order valence-corrected chi connectivity index (χ3v) is 13.2. The van der Waals surface area contributed by atoms with Crippen molar-refractivity contribution in [3.63, 3.8) is 0 Å². The van der Waals surface area contributed by atoms with Crippen LogP contribution in [0.3, 0.4) is 0 Å². The molecule has 10 nitrogen and oxygen atoms in total. The Morgan fingerprint density at radius 3 is 2.14 bits per heavy atom. The summed E-state index contributed by atoms with van der Waals surface area (Å²) in [5, 5.41) is 12.8. The van der Waals surface area contributed by atoms with Crippen molar-refractivity contribution >= 4 is 23.5 Å². The molecule has 0 bridgehead atoms. The van der Waals surface area contributed by atoms with Crippen LogP contribution in [0.2, 0.25) is 0 Å². The Morgan fingerprint density at radius 1 is 0.810 bits per heavy atom. The second-order valence-corrected chi connectivity index (χ2v) is 17.2. The fourth-order valence-electron chi connectivity index (χ4n) is 10.5. The number of carbonyl (C=O) groups excluding carboxylic acids is 3. The lowest BCUT2D eigenvalue weighted by atomic mass is 9.65. The Bertz CT molecular complexity index is 2460. The number of nitrogens with one attached hydrogen (secondary N) is 1. The molecule has 322 valence electrons. The van der Waals surface area contributed by atoms with Crippen LogP contribution in [0.25, 0.3) is 0 Å². The summed E-state index contributed by atoms with van der Waals surface area (Å²) >= 11 is 0. The van der Waals surface area contributed by atoms with Gasteiger partial charge in [0.2, 0.25) is 11.8 Å². The van der Waals surface area contributed by atoms with Gasteiger partial charge in [-0.15, -0.1) is 0 Å². The molecule has 0 radical (unpaired) electrons. The van der Waals surface area contributed by atoms with E-state index in [-0.39, 0.29) is 25.0 Å². The van der Waals surface area contributed by atoms with Crippen LogP contribution in [-0.2, 0) is 31.1 Å². The highest BCUT2D eigenvalue weighted by molar-refractivity contribution is 6.12. The zero-order valence-corrected chi connectivity index (χ0v) is 35.7. The lowest BCUT2D eigenvalue weighted by Crippen LogP contribution is -2.55. The van der Waals surface area contributed by atoms with Gasteiger partial charge in [0.25, 0.3) is 0 Å². The fourth-order valence-corrected chi connectivity index (χ4v) is 10.5. The van der Waals surface area contributed by atoms with Crippen molar-refractivity contribution < 1.29 is 29.0 Å². The van der Waals surface area contributed by atoms with Crippen molar-refractivity contribution in [1.82, 2.24) is 14.7 Å². The van der Waals surface area contributed by atoms with Gasteiger partial charge in [0.05, 0.1) is 31.2 Å². The quantitative estimate of drug-likeness (QED) is 0.109. The topological polar surface area (TPSA) is 112 Å². The van der Waals surface area contributed by atoms with Gasteiger partial charge in [-0.1, -0.05) is 134 Å².